The number of pyridine rings is 2. The van der Waals surface area contributed by atoms with E-state index in [0.717, 1.165) is 103 Å². The fourth-order valence-electron chi connectivity index (χ4n) is 12.8. The molecule has 0 spiro atoms. The average molecular weight is 1010 g/mol. The summed E-state index contributed by atoms with van der Waals surface area (Å²) in [6.07, 6.45) is 25.7. The lowest BCUT2D eigenvalue weighted by Gasteiger charge is -2.20. The number of nitrogens with two attached hydrogens (primary N) is 1. The number of rotatable bonds is 23. The molecule has 76 heavy (non-hydrogen) atoms. The summed E-state index contributed by atoms with van der Waals surface area (Å²) in [6, 6.07) is 19.5. The molecule has 0 unspecified atom stereocenters. The molecule has 0 atom stereocenters. The van der Waals surface area contributed by atoms with Gasteiger partial charge in [-0.05, 0) is 98.3 Å². The van der Waals surface area contributed by atoms with Gasteiger partial charge in [0, 0.05) is 71.5 Å². The quantitative estimate of drug-likeness (QED) is 0.0128. The van der Waals surface area contributed by atoms with Crippen molar-refractivity contribution in [1.82, 2.24) is 18.8 Å². The van der Waals surface area contributed by atoms with Crippen LogP contribution in [0.2, 0.25) is 0 Å². The van der Waals surface area contributed by atoms with Crippen molar-refractivity contribution in [1.29, 1.82) is 0 Å². The summed E-state index contributed by atoms with van der Waals surface area (Å²) in [4.78, 5) is 52.9. The molecule has 4 heterocycles. The number of hydrogen-bond donors (Lipinski definition) is 1. The summed E-state index contributed by atoms with van der Waals surface area (Å²) in [6.45, 7) is 8.10. The topological polar surface area (TPSA) is 138 Å². The Hall–Kier alpha value is -7.56. The van der Waals surface area contributed by atoms with Crippen molar-refractivity contribution in [3.63, 3.8) is 0 Å². The highest BCUT2D eigenvalue weighted by molar-refractivity contribution is 6.42. The van der Waals surface area contributed by atoms with Crippen LogP contribution in [0.4, 0.5) is 11.4 Å². The van der Waals surface area contributed by atoms with Gasteiger partial charge in [0.05, 0.1) is 37.8 Å². The van der Waals surface area contributed by atoms with Crippen molar-refractivity contribution in [2.75, 3.05) is 5.73 Å². The van der Waals surface area contributed by atoms with Crippen LogP contribution in [0.5, 0.6) is 0 Å². The fourth-order valence-corrected chi connectivity index (χ4v) is 12.8. The molecule has 0 aliphatic carbocycles. The Morgan fingerprint density at radius 2 is 0.882 bits per heavy atom. The van der Waals surface area contributed by atoms with Crippen LogP contribution in [0.3, 0.4) is 0 Å². The molecule has 0 aliphatic rings. The lowest BCUT2D eigenvalue weighted by Crippen LogP contribution is -2.15. The maximum absolute atomic E-state index is 15.2. The van der Waals surface area contributed by atoms with Crippen molar-refractivity contribution in [2.24, 2.45) is 0 Å². The molecule has 2 N–H and O–H groups in total. The highest BCUT2D eigenvalue weighted by Crippen LogP contribution is 2.48. The summed E-state index contributed by atoms with van der Waals surface area (Å²) in [5, 5.41) is 22.1. The van der Waals surface area contributed by atoms with Crippen LogP contribution in [0.1, 0.15) is 178 Å². The SMILES string of the molecule is CC#Cc1cc2c(=O)n3c4cc(CCCCCCCCCCCC)c(N)cc4nc3c3ccc4c5c(C#CC)cc6c(=O)n7c8cc(CCCCCCCCCCCC)c([N+](=O)[O-])cc8nc7c7ccc(c1c4c23)c5c67. The third-order valence-corrected chi connectivity index (χ3v) is 16.5. The van der Waals surface area contributed by atoms with Crippen LogP contribution in [0.25, 0.3) is 98.0 Å². The fraction of sp³-hybridized carbons (Fsp3) is 0.394. The number of hydrogen-bond acceptors (Lipinski definition) is 7. The third kappa shape index (κ3) is 8.74. The Bertz CT molecular complexity index is 4300. The number of imidazole rings is 2. The minimum absolute atomic E-state index is 0.0326. The maximum Gasteiger partial charge on any atom is 0.274 e. The lowest BCUT2D eigenvalue weighted by molar-refractivity contribution is -0.385. The van der Waals surface area contributed by atoms with Gasteiger partial charge in [-0.15, -0.1) is 11.8 Å². The van der Waals surface area contributed by atoms with Gasteiger partial charge < -0.3 is 5.73 Å². The van der Waals surface area contributed by atoms with Crippen molar-refractivity contribution in [3.05, 3.63) is 114 Å². The first kappa shape index (κ1) is 50.6. The molecule has 386 valence electrons. The van der Waals surface area contributed by atoms with Crippen molar-refractivity contribution in [3.8, 4) is 23.7 Å². The average Bonchev–Trinajstić information content (AvgIpc) is 3.46. The summed E-state index contributed by atoms with van der Waals surface area (Å²) in [7, 11) is 0. The van der Waals surface area contributed by atoms with E-state index in [-0.39, 0.29) is 21.7 Å². The number of aromatic nitrogens is 4. The zero-order chi connectivity index (χ0) is 52.6. The van der Waals surface area contributed by atoms with E-state index in [1.165, 1.54) is 96.3 Å². The number of nitrogen functional groups attached to an aromatic ring is 1. The van der Waals surface area contributed by atoms with Gasteiger partial charge in [-0.1, -0.05) is 153 Å². The predicted molar refractivity (Wildman–Crippen MR) is 317 cm³/mol. The van der Waals surface area contributed by atoms with Crippen molar-refractivity contribution >= 4 is 109 Å². The van der Waals surface area contributed by atoms with Gasteiger partial charge in [-0.25, -0.2) is 9.97 Å². The molecule has 10 heteroatoms. The number of unbranched alkanes of at least 4 members (excludes halogenated alkanes) is 18. The Morgan fingerprint density at radius 1 is 0.487 bits per heavy atom. The molecule has 4 aromatic heterocycles. The first-order valence-electron chi connectivity index (χ1n) is 28.4. The van der Waals surface area contributed by atoms with Gasteiger partial charge in [-0.3, -0.25) is 28.5 Å². The molecule has 0 aliphatic heterocycles. The van der Waals surface area contributed by atoms with Crippen molar-refractivity contribution in [2.45, 2.75) is 169 Å². The molecule has 0 saturated carbocycles. The Balaban J connectivity index is 1.03. The van der Waals surface area contributed by atoms with E-state index in [9.17, 15) is 10.1 Å². The molecule has 0 amide bonds. The summed E-state index contributed by atoms with van der Waals surface area (Å²) >= 11 is 0. The number of nitro groups is 1. The van der Waals surface area contributed by atoms with Gasteiger partial charge in [-0.2, -0.15) is 0 Å². The second-order valence-electron chi connectivity index (χ2n) is 21.5. The second kappa shape index (κ2) is 21.6. The standard InChI is InChI=1S/C66H68N6O4/c1-5-9-11-13-15-17-19-21-23-25-29-41-37-55-52(39-51(41)67)68-63-47-33-31-45-58-44(28-8-4)36-50-60-48(34-32-46(62(58)60)57-43(27-7-3)35-49(59(47)61(45)57)65(73)70(55)63)64-69-53-40-54(72(75)76)42(38-56(53)71(64)66(50)74)30-26-24-22-20-18-16-14-12-10-6-2/h31-40H,5-6,9-26,29-30,67H2,1-4H3. The van der Waals surface area contributed by atoms with E-state index in [2.05, 4.69) is 61.8 Å². The minimum Gasteiger partial charge on any atom is -0.398 e. The molecule has 10 nitrogen and oxygen atoms in total. The number of anilines is 1. The number of nitrogens with zero attached hydrogens (tertiary/aromatic N) is 5. The molecule has 11 rings (SSSR count). The molecular weight excluding hydrogens is 941 g/mol. The predicted octanol–water partition coefficient (Wildman–Crippen LogP) is 16.4. The van der Waals surface area contributed by atoms with E-state index in [0.29, 0.717) is 67.4 Å². The largest absolute Gasteiger partial charge is 0.398 e. The van der Waals surface area contributed by atoms with E-state index in [1.807, 2.05) is 30.3 Å². The van der Waals surface area contributed by atoms with Crippen LogP contribution in [0.15, 0.2) is 70.3 Å². The van der Waals surface area contributed by atoms with Gasteiger partial charge in [0.25, 0.3) is 16.8 Å². The smallest absolute Gasteiger partial charge is 0.274 e. The second-order valence-corrected chi connectivity index (χ2v) is 21.5. The Kier molecular flexibility index (Phi) is 14.4. The summed E-state index contributed by atoms with van der Waals surface area (Å²) in [5.74, 6) is 13.1. The summed E-state index contributed by atoms with van der Waals surface area (Å²) in [5.41, 5.74) is 13.5. The number of benzene rings is 7. The van der Waals surface area contributed by atoms with Crippen LogP contribution < -0.4 is 16.9 Å². The van der Waals surface area contributed by atoms with E-state index in [1.54, 1.807) is 28.7 Å². The van der Waals surface area contributed by atoms with Crippen LogP contribution in [-0.4, -0.2) is 23.7 Å². The van der Waals surface area contributed by atoms with E-state index >= 15 is 9.59 Å². The number of aryl methyl sites for hydroxylation is 2. The van der Waals surface area contributed by atoms with E-state index in [4.69, 9.17) is 15.7 Å². The first-order valence-corrected chi connectivity index (χ1v) is 28.4. The van der Waals surface area contributed by atoms with Crippen LogP contribution >= 0.6 is 0 Å². The van der Waals surface area contributed by atoms with E-state index < -0.39 is 0 Å². The molecular formula is C66H68N6O4. The number of nitro benzene ring substituents is 1. The van der Waals surface area contributed by atoms with Gasteiger partial charge >= 0.3 is 0 Å². The van der Waals surface area contributed by atoms with Gasteiger partial charge in [0.15, 0.2) is 0 Å². The van der Waals surface area contributed by atoms with Crippen LogP contribution in [0, 0.1) is 33.8 Å². The lowest BCUT2D eigenvalue weighted by atomic mass is 9.82. The zero-order valence-electron chi connectivity index (χ0n) is 44.8. The molecule has 0 radical (unpaired) electrons. The van der Waals surface area contributed by atoms with Crippen molar-refractivity contribution < 1.29 is 4.92 Å². The monoisotopic (exact) mass is 1010 g/mol. The highest BCUT2D eigenvalue weighted by Gasteiger charge is 2.28. The Labute approximate surface area is 443 Å². The Morgan fingerprint density at radius 3 is 1.32 bits per heavy atom. The first-order chi connectivity index (χ1) is 37.2. The molecule has 0 bridgehead atoms. The molecule has 7 aromatic carbocycles. The molecule has 11 aromatic rings. The molecule has 0 saturated heterocycles. The normalized spacial score (nSPS) is 12.1. The zero-order valence-corrected chi connectivity index (χ0v) is 44.8. The number of fused-ring (bicyclic) bond motifs is 10. The highest BCUT2D eigenvalue weighted by atomic mass is 16.6. The van der Waals surface area contributed by atoms with Gasteiger partial charge in [0.1, 0.15) is 11.3 Å². The summed E-state index contributed by atoms with van der Waals surface area (Å²) < 4.78 is 3.41. The van der Waals surface area contributed by atoms with Gasteiger partial charge in [0.2, 0.25) is 0 Å². The third-order valence-electron chi connectivity index (χ3n) is 16.5. The minimum atomic E-state index is -0.318. The molecule has 0 fully saturated rings. The maximum atomic E-state index is 15.2. The van der Waals surface area contributed by atoms with Crippen LogP contribution in [-0.2, 0) is 12.8 Å².